The summed E-state index contributed by atoms with van der Waals surface area (Å²) in [6.45, 7) is 7.85. The van der Waals surface area contributed by atoms with Crippen molar-refractivity contribution in [3.63, 3.8) is 0 Å². The second-order valence-electron chi connectivity index (χ2n) is 4.86. The van der Waals surface area contributed by atoms with Crippen LogP contribution in [0.2, 0.25) is 0 Å². The standard InChI is InChI=1S/C9H8F4.C4H11NS/c1-2-6-4-3-5-7(8(6)10)9(11,12)13;1-4(2,3)6-5/h3-5H,2H2,1H3;5H2,1-3H3. The number of benzene rings is 1. The van der Waals surface area contributed by atoms with E-state index in [0.717, 1.165) is 6.07 Å². The van der Waals surface area contributed by atoms with E-state index in [-0.39, 0.29) is 16.7 Å². The normalized spacial score (nSPS) is 11.8. The number of halogens is 4. The molecule has 1 rings (SSSR count). The third-order valence-electron chi connectivity index (χ3n) is 2.12. The van der Waals surface area contributed by atoms with Gasteiger partial charge in [-0.3, -0.25) is 5.14 Å². The van der Waals surface area contributed by atoms with Crippen LogP contribution in [0.4, 0.5) is 17.6 Å². The molecule has 0 aliphatic heterocycles. The summed E-state index contributed by atoms with van der Waals surface area (Å²) in [5, 5.41) is 5.22. The van der Waals surface area contributed by atoms with E-state index in [4.69, 9.17) is 5.14 Å². The lowest BCUT2D eigenvalue weighted by molar-refractivity contribution is -0.140. The molecule has 0 aliphatic rings. The summed E-state index contributed by atoms with van der Waals surface area (Å²) in [7, 11) is 0. The summed E-state index contributed by atoms with van der Waals surface area (Å²) in [6.07, 6.45) is -4.34. The average molecular weight is 297 g/mol. The van der Waals surface area contributed by atoms with Crippen LogP contribution in [-0.2, 0) is 12.6 Å². The molecule has 19 heavy (non-hydrogen) atoms. The molecule has 6 heteroatoms. The molecule has 0 unspecified atom stereocenters. The molecule has 0 atom stereocenters. The molecular weight excluding hydrogens is 278 g/mol. The first-order chi connectivity index (χ1) is 8.53. The summed E-state index contributed by atoms with van der Waals surface area (Å²) in [5.41, 5.74) is -1.10. The van der Waals surface area contributed by atoms with Gasteiger partial charge in [0.2, 0.25) is 0 Å². The largest absolute Gasteiger partial charge is 0.419 e. The maximum atomic E-state index is 13.0. The summed E-state index contributed by atoms with van der Waals surface area (Å²) in [5.74, 6) is -1.16. The highest BCUT2D eigenvalue weighted by Gasteiger charge is 2.34. The van der Waals surface area contributed by atoms with Crippen LogP contribution in [0.5, 0.6) is 0 Å². The van der Waals surface area contributed by atoms with Crippen molar-refractivity contribution in [2.24, 2.45) is 5.14 Å². The molecule has 1 nitrogen and oxygen atoms in total. The van der Waals surface area contributed by atoms with Crippen LogP contribution in [0.3, 0.4) is 0 Å². The van der Waals surface area contributed by atoms with Gasteiger partial charge >= 0.3 is 6.18 Å². The van der Waals surface area contributed by atoms with Crippen molar-refractivity contribution >= 4 is 11.9 Å². The highest BCUT2D eigenvalue weighted by molar-refractivity contribution is 7.98. The molecule has 0 saturated heterocycles. The minimum Gasteiger partial charge on any atom is -0.277 e. The van der Waals surface area contributed by atoms with Crippen LogP contribution < -0.4 is 5.14 Å². The fraction of sp³-hybridized carbons (Fsp3) is 0.538. The van der Waals surface area contributed by atoms with Gasteiger partial charge < -0.3 is 0 Å². The number of alkyl halides is 3. The van der Waals surface area contributed by atoms with Gasteiger partial charge in [-0.25, -0.2) is 4.39 Å². The zero-order chi connectivity index (χ0) is 15.3. The number of nitrogens with two attached hydrogens (primary N) is 1. The van der Waals surface area contributed by atoms with Gasteiger partial charge in [0.05, 0.1) is 5.56 Å². The van der Waals surface area contributed by atoms with Crippen molar-refractivity contribution in [3.05, 3.63) is 35.1 Å². The van der Waals surface area contributed by atoms with Crippen molar-refractivity contribution < 1.29 is 17.6 Å². The Hall–Kier alpha value is -0.750. The lowest BCUT2D eigenvalue weighted by Gasteiger charge is -2.11. The minimum atomic E-state index is -4.60. The van der Waals surface area contributed by atoms with E-state index in [0.29, 0.717) is 0 Å². The van der Waals surface area contributed by atoms with E-state index in [9.17, 15) is 17.6 Å². The van der Waals surface area contributed by atoms with E-state index in [1.54, 1.807) is 6.92 Å². The first kappa shape index (κ1) is 18.2. The van der Waals surface area contributed by atoms with Crippen molar-refractivity contribution in [2.45, 2.75) is 45.0 Å². The molecule has 0 heterocycles. The third kappa shape index (κ3) is 6.82. The fourth-order valence-corrected chi connectivity index (χ4v) is 1.07. The van der Waals surface area contributed by atoms with Crippen LogP contribution in [0.1, 0.15) is 38.8 Å². The zero-order valence-corrected chi connectivity index (χ0v) is 12.3. The summed E-state index contributed by atoms with van der Waals surface area (Å²) in [6, 6.07) is 3.31. The van der Waals surface area contributed by atoms with Gasteiger partial charge in [-0.05, 0) is 38.8 Å². The van der Waals surface area contributed by atoms with Gasteiger partial charge in [-0.2, -0.15) is 13.2 Å². The van der Waals surface area contributed by atoms with Gasteiger partial charge in [-0.1, -0.05) is 31.0 Å². The Bertz CT molecular complexity index is 397. The van der Waals surface area contributed by atoms with Crippen molar-refractivity contribution in [1.29, 1.82) is 0 Å². The van der Waals surface area contributed by atoms with Crippen LogP contribution in [0.25, 0.3) is 0 Å². The average Bonchev–Trinajstić information content (AvgIpc) is 2.27. The second kappa shape index (κ2) is 7.14. The lowest BCUT2D eigenvalue weighted by atomic mass is 10.1. The molecule has 2 N–H and O–H groups in total. The Balaban J connectivity index is 0.000000459. The highest BCUT2D eigenvalue weighted by Crippen LogP contribution is 2.32. The van der Waals surface area contributed by atoms with E-state index in [1.165, 1.54) is 24.1 Å². The summed E-state index contributed by atoms with van der Waals surface area (Å²) < 4.78 is 49.7. The maximum Gasteiger partial charge on any atom is 0.419 e. The van der Waals surface area contributed by atoms with E-state index < -0.39 is 17.6 Å². The smallest absolute Gasteiger partial charge is 0.277 e. The van der Waals surface area contributed by atoms with E-state index in [2.05, 4.69) is 20.8 Å². The molecule has 1 aromatic rings. The summed E-state index contributed by atoms with van der Waals surface area (Å²) in [4.78, 5) is 0. The van der Waals surface area contributed by atoms with Gasteiger partial charge in [0.25, 0.3) is 0 Å². The number of aryl methyl sites for hydroxylation is 1. The molecule has 0 amide bonds. The van der Waals surface area contributed by atoms with Gasteiger partial charge in [0.15, 0.2) is 0 Å². The Morgan fingerprint density at radius 1 is 1.16 bits per heavy atom. The Morgan fingerprint density at radius 3 is 1.95 bits per heavy atom. The number of hydrogen-bond donors (Lipinski definition) is 1. The van der Waals surface area contributed by atoms with Crippen LogP contribution >= 0.6 is 11.9 Å². The zero-order valence-electron chi connectivity index (χ0n) is 11.4. The molecule has 0 spiro atoms. The number of rotatable bonds is 1. The van der Waals surface area contributed by atoms with Crippen molar-refractivity contribution in [3.8, 4) is 0 Å². The Kier molecular flexibility index (Phi) is 6.86. The van der Waals surface area contributed by atoms with Crippen LogP contribution in [0, 0.1) is 5.82 Å². The third-order valence-corrected chi connectivity index (χ3v) is 2.83. The van der Waals surface area contributed by atoms with Crippen molar-refractivity contribution in [1.82, 2.24) is 0 Å². The molecule has 0 saturated carbocycles. The predicted molar refractivity (Wildman–Crippen MR) is 72.3 cm³/mol. The molecule has 0 fully saturated rings. The number of hydrogen-bond acceptors (Lipinski definition) is 2. The molecule has 0 bridgehead atoms. The maximum absolute atomic E-state index is 13.0. The topological polar surface area (TPSA) is 26.0 Å². The SMILES string of the molecule is CC(C)(C)SN.CCc1cccc(C(F)(F)F)c1F. The highest BCUT2D eigenvalue weighted by atomic mass is 32.2. The molecule has 110 valence electrons. The van der Waals surface area contributed by atoms with Crippen LogP contribution in [0.15, 0.2) is 18.2 Å². The van der Waals surface area contributed by atoms with E-state index >= 15 is 0 Å². The Labute approximate surface area is 115 Å². The first-order valence-electron chi connectivity index (χ1n) is 5.75. The van der Waals surface area contributed by atoms with Gasteiger partial charge in [0, 0.05) is 4.75 Å². The lowest BCUT2D eigenvalue weighted by Crippen LogP contribution is -2.09. The van der Waals surface area contributed by atoms with Gasteiger partial charge in [-0.15, -0.1) is 0 Å². The molecule has 0 aromatic heterocycles. The molecular formula is C13H19F4NS. The molecule has 1 aromatic carbocycles. The fourth-order valence-electron chi connectivity index (χ4n) is 1.07. The molecule has 0 radical (unpaired) electrons. The summed E-state index contributed by atoms with van der Waals surface area (Å²) >= 11 is 1.38. The first-order valence-corrected chi connectivity index (χ1v) is 6.63. The van der Waals surface area contributed by atoms with Crippen molar-refractivity contribution in [2.75, 3.05) is 0 Å². The van der Waals surface area contributed by atoms with E-state index in [1.807, 2.05) is 0 Å². The predicted octanol–water partition coefficient (Wildman–Crippen LogP) is 4.80. The second-order valence-corrected chi connectivity index (χ2v) is 6.32. The van der Waals surface area contributed by atoms with Gasteiger partial charge in [0.1, 0.15) is 5.82 Å². The quantitative estimate of drug-likeness (QED) is 0.595. The monoisotopic (exact) mass is 297 g/mol. The Morgan fingerprint density at radius 2 is 1.63 bits per heavy atom. The molecule has 0 aliphatic carbocycles. The minimum absolute atomic E-state index is 0.0924. The van der Waals surface area contributed by atoms with Crippen LogP contribution in [-0.4, -0.2) is 4.75 Å².